The third kappa shape index (κ3) is 3.21. The number of fused-ring (bicyclic) bond motifs is 3. The minimum absolute atomic E-state index is 0.0540. The molecule has 0 unspecified atom stereocenters. The average molecular weight is 406 g/mol. The van der Waals surface area contributed by atoms with Gasteiger partial charge in [0.1, 0.15) is 0 Å². The van der Waals surface area contributed by atoms with E-state index < -0.39 is 0 Å². The van der Waals surface area contributed by atoms with Crippen LogP contribution in [0.4, 0.5) is 0 Å². The highest BCUT2D eigenvalue weighted by atomic mass is 35.5. The first-order valence-electron chi connectivity index (χ1n) is 9.68. The van der Waals surface area contributed by atoms with Gasteiger partial charge in [-0.15, -0.1) is 0 Å². The summed E-state index contributed by atoms with van der Waals surface area (Å²) in [5, 5.41) is 7.65. The molecule has 2 atom stereocenters. The number of aromatic nitrogens is 1. The summed E-state index contributed by atoms with van der Waals surface area (Å²) >= 11 is 6.27. The summed E-state index contributed by atoms with van der Waals surface area (Å²) in [7, 11) is 0. The Labute approximate surface area is 174 Å². The normalized spacial score (nSPS) is 19.8. The molecule has 5 nitrogen and oxygen atoms in total. The zero-order chi connectivity index (χ0) is 19.8. The number of para-hydroxylation sites is 1. The molecule has 0 aliphatic carbocycles. The highest BCUT2D eigenvalue weighted by molar-refractivity contribution is 6.30. The van der Waals surface area contributed by atoms with Crippen molar-refractivity contribution < 1.29 is 9.47 Å². The van der Waals surface area contributed by atoms with Crippen LogP contribution in [0.3, 0.4) is 0 Å². The lowest BCUT2D eigenvalue weighted by molar-refractivity contribution is -0.0212. The van der Waals surface area contributed by atoms with E-state index in [0.717, 1.165) is 40.3 Å². The zero-order valence-electron chi connectivity index (χ0n) is 16.0. The smallest absolute Gasteiger partial charge is 0.214 e. The molecular formula is C23H20ClN3O2. The molecule has 2 aromatic carbocycles. The van der Waals surface area contributed by atoms with Gasteiger partial charge in [0.05, 0.1) is 18.4 Å². The first kappa shape index (κ1) is 18.0. The molecule has 0 bridgehead atoms. The fourth-order valence-electron chi connectivity index (χ4n) is 3.94. The molecule has 29 heavy (non-hydrogen) atoms. The number of hydrazone groups is 1. The summed E-state index contributed by atoms with van der Waals surface area (Å²) in [6, 6.07) is 17.8. The Bertz CT molecular complexity index is 1070. The van der Waals surface area contributed by atoms with Gasteiger partial charge < -0.3 is 9.47 Å². The van der Waals surface area contributed by atoms with Crippen LogP contribution in [0.15, 0.2) is 72.1 Å². The third-order valence-electron chi connectivity index (χ3n) is 5.21. The van der Waals surface area contributed by atoms with Crippen molar-refractivity contribution in [1.82, 2.24) is 9.99 Å². The Morgan fingerprint density at radius 1 is 1.17 bits per heavy atom. The standard InChI is InChI=1S/C23H20ClN3O2/c1-2-28-21-10-4-9-18-20-13-19(16-7-5-11-25-14-16)26-27(20)23(29-22(18)21)15-6-3-8-17(24)12-15/h3-12,14,20,23H,2,13H2,1H3/t20-,23+/m0/s1. The Balaban J connectivity index is 1.62. The van der Waals surface area contributed by atoms with Crippen molar-refractivity contribution in [1.29, 1.82) is 0 Å². The second-order valence-corrected chi connectivity index (χ2v) is 7.46. The van der Waals surface area contributed by atoms with Crippen molar-refractivity contribution in [3.8, 4) is 11.5 Å². The Hall–Kier alpha value is -3.05. The molecule has 146 valence electrons. The summed E-state index contributed by atoms with van der Waals surface area (Å²) in [5.41, 5.74) is 4.05. The monoisotopic (exact) mass is 405 g/mol. The van der Waals surface area contributed by atoms with Gasteiger partial charge in [0.15, 0.2) is 11.5 Å². The van der Waals surface area contributed by atoms with E-state index in [9.17, 15) is 0 Å². The maximum Gasteiger partial charge on any atom is 0.214 e. The molecule has 0 saturated carbocycles. The van der Waals surface area contributed by atoms with Gasteiger partial charge in [-0.1, -0.05) is 41.9 Å². The number of pyridine rings is 1. The Morgan fingerprint density at radius 3 is 2.86 bits per heavy atom. The van der Waals surface area contributed by atoms with E-state index >= 15 is 0 Å². The molecular weight excluding hydrogens is 386 g/mol. The summed E-state index contributed by atoms with van der Waals surface area (Å²) < 4.78 is 12.3. The summed E-state index contributed by atoms with van der Waals surface area (Å²) in [5.74, 6) is 1.54. The average Bonchev–Trinajstić information content (AvgIpc) is 3.20. The predicted molar refractivity (Wildman–Crippen MR) is 112 cm³/mol. The number of hydrogen-bond donors (Lipinski definition) is 0. The van der Waals surface area contributed by atoms with Gasteiger partial charge in [0, 0.05) is 40.5 Å². The minimum Gasteiger partial charge on any atom is -0.490 e. The molecule has 0 amide bonds. The van der Waals surface area contributed by atoms with Crippen LogP contribution in [0, 0.1) is 0 Å². The van der Waals surface area contributed by atoms with E-state index in [1.54, 1.807) is 6.20 Å². The van der Waals surface area contributed by atoms with Crippen molar-refractivity contribution in [3.63, 3.8) is 0 Å². The number of rotatable bonds is 4. The molecule has 3 heterocycles. The van der Waals surface area contributed by atoms with E-state index in [4.69, 9.17) is 26.2 Å². The molecule has 6 heteroatoms. The van der Waals surface area contributed by atoms with Gasteiger partial charge in [-0.2, -0.15) is 5.10 Å². The van der Waals surface area contributed by atoms with E-state index in [1.807, 2.05) is 66.7 Å². The lowest BCUT2D eigenvalue weighted by Crippen LogP contribution is -2.33. The molecule has 0 saturated heterocycles. The minimum atomic E-state index is -0.387. The van der Waals surface area contributed by atoms with Gasteiger partial charge in [-0.3, -0.25) is 4.98 Å². The maximum absolute atomic E-state index is 6.47. The quantitative estimate of drug-likeness (QED) is 0.585. The largest absolute Gasteiger partial charge is 0.490 e. The molecule has 0 N–H and O–H groups in total. The highest BCUT2D eigenvalue weighted by Gasteiger charge is 2.42. The van der Waals surface area contributed by atoms with Crippen LogP contribution in [-0.2, 0) is 0 Å². The maximum atomic E-state index is 6.47. The first-order chi connectivity index (χ1) is 14.2. The Morgan fingerprint density at radius 2 is 2.07 bits per heavy atom. The number of benzene rings is 2. The molecule has 0 spiro atoms. The number of ether oxygens (including phenoxy) is 2. The highest BCUT2D eigenvalue weighted by Crippen LogP contribution is 2.50. The topological polar surface area (TPSA) is 47.0 Å². The van der Waals surface area contributed by atoms with Crippen molar-refractivity contribution in [3.05, 3.63) is 88.7 Å². The SMILES string of the molecule is CCOc1cccc2c1O[C@H](c1cccc(Cl)c1)N1N=C(c3cccnc3)C[C@@H]21. The van der Waals surface area contributed by atoms with Crippen LogP contribution in [0.2, 0.25) is 5.02 Å². The van der Waals surface area contributed by atoms with E-state index in [1.165, 1.54) is 0 Å². The zero-order valence-corrected chi connectivity index (χ0v) is 16.7. The van der Waals surface area contributed by atoms with Crippen LogP contribution >= 0.6 is 11.6 Å². The molecule has 3 aromatic rings. The van der Waals surface area contributed by atoms with Crippen molar-refractivity contribution in [2.45, 2.75) is 25.6 Å². The molecule has 2 aliphatic rings. The second-order valence-electron chi connectivity index (χ2n) is 7.02. The van der Waals surface area contributed by atoms with Crippen LogP contribution < -0.4 is 9.47 Å². The van der Waals surface area contributed by atoms with E-state index in [0.29, 0.717) is 11.6 Å². The summed E-state index contributed by atoms with van der Waals surface area (Å²) in [6.07, 6.45) is 4.01. The van der Waals surface area contributed by atoms with Gasteiger partial charge in [-0.05, 0) is 31.2 Å². The van der Waals surface area contributed by atoms with E-state index in [2.05, 4.69) is 11.1 Å². The summed E-state index contributed by atoms with van der Waals surface area (Å²) in [6.45, 7) is 2.55. The first-order valence-corrected chi connectivity index (χ1v) is 10.1. The lowest BCUT2D eigenvalue weighted by Gasteiger charge is -2.38. The fraction of sp³-hybridized carbons (Fsp3) is 0.217. The van der Waals surface area contributed by atoms with Gasteiger partial charge in [0.25, 0.3) is 0 Å². The molecule has 0 fully saturated rings. The number of halogens is 1. The van der Waals surface area contributed by atoms with Crippen molar-refractivity contribution >= 4 is 17.3 Å². The second kappa shape index (κ2) is 7.41. The summed E-state index contributed by atoms with van der Waals surface area (Å²) in [4.78, 5) is 4.25. The van der Waals surface area contributed by atoms with Gasteiger partial charge in [-0.25, -0.2) is 5.01 Å². The molecule has 0 radical (unpaired) electrons. The van der Waals surface area contributed by atoms with Crippen LogP contribution in [0.1, 0.15) is 42.3 Å². The van der Waals surface area contributed by atoms with Crippen molar-refractivity contribution in [2.75, 3.05) is 6.61 Å². The molecule has 1 aromatic heterocycles. The van der Waals surface area contributed by atoms with Gasteiger partial charge in [0.2, 0.25) is 6.23 Å². The van der Waals surface area contributed by atoms with Gasteiger partial charge >= 0.3 is 0 Å². The van der Waals surface area contributed by atoms with Crippen LogP contribution in [0.5, 0.6) is 11.5 Å². The number of hydrogen-bond acceptors (Lipinski definition) is 5. The van der Waals surface area contributed by atoms with Crippen molar-refractivity contribution in [2.24, 2.45) is 5.10 Å². The van der Waals surface area contributed by atoms with E-state index in [-0.39, 0.29) is 12.3 Å². The predicted octanol–water partition coefficient (Wildman–Crippen LogP) is 5.38. The molecule has 5 rings (SSSR count). The van der Waals surface area contributed by atoms with Crippen LogP contribution in [0.25, 0.3) is 0 Å². The third-order valence-corrected chi connectivity index (χ3v) is 5.44. The Kier molecular flexibility index (Phi) is 4.60. The fourth-order valence-corrected chi connectivity index (χ4v) is 4.14. The lowest BCUT2D eigenvalue weighted by atomic mass is 9.96. The van der Waals surface area contributed by atoms with Crippen LogP contribution in [-0.4, -0.2) is 22.3 Å². The number of nitrogens with zero attached hydrogens (tertiary/aromatic N) is 3. The molecule has 2 aliphatic heterocycles.